The summed E-state index contributed by atoms with van der Waals surface area (Å²) in [7, 11) is 1.57. The monoisotopic (exact) mass is 482 g/mol. The minimum absolute atomic E-state index is 0.199. The number of nitrogens with zero attached hydrogens (tertiary/aromatic N) is 2. The molecule has 0 saturated heterocycles. The first-order valence-corrected chi connectivity index (χ1v) is 11.3. The van der Waals surface area contributed by atoms with Crippen LogP contribution in [0.2, 0.25) is 5.02 Å². The van der Waals surface area contributed by atoms with Gasteiger partial charge in [-0.05, 0) is 29.8 Å². The summed E-state index contributed by atoms with van der Waals surface area (Å²) >= 11 is 6.21. The fraction of sp³-hybridized carbons (Fsp3) is 0.0690. The third kappa shape index (κ3) is 6.22. The number of carbonyl (C=O) groups excluding carboxylic acids is 1. The van der Waals surface area contributed by atoms with Gasteiger partial charge in [0.2, 0.25) is 5.78 Å². The van der Waals surface area contributed by atoms with Crippen LogP contribution in [-0.4, -0.2) is 24.8 Å². The van der Waals surface area contributed by atoms with Gasteiger partial charge in [0.1, 0.15) is 12.3 Å². The highest BCUT2D eigenvalue weighted by Gasteiger charge is 2.16. The molecular formula is C29H23ClN2O3. The van der Waals surface area contributed by atoms with Gasteiger partial charge in [0.15, 0.2) is 11.5 Å². The summed E-state index contributed by atoms with van der Waals surface area (Å²) in [6.45, 7) is 0.315. The van der Waals surface area contributed by atoms with E-state index in [4.69, 9.17) is 21.1 Å². The molecule has 0 atom stereocenters. The van der Waals surface area contributed by atoms with Crippen molar-refractivity contribution in [3.8, 4) is 11.5 Å². The Balaban J connectivity index is 1.55. The summed E-state index contributed by atoms with van der Waals surface area (Å²) in [5.41, 5.74) is 3.13. The van der Waals surface area contributed by atoms with Gasteiger partial charge < -0.3 is 9.47 Å². The lowest BCUT2D eigenvalue weighted by Crippen LogP contribution is -2.15. The molecule has 6 heteroatoms. The van der Waals surface area contributed by atoms with Crippen LogP contribution in [-0.2, 0) is 6.61 Å². The minimum Gasteiger partial charge on any atom is -0.493 e. The summed E-state index contributed by atoms with van der Waals surface area (Å²) < 4.78 is 11.4. The quantitative estimate of drug-likeness (QED) is 0.153. The molecular weight excluding hydrogens is 460 g/mol. The second-order valence-corrected chi connectivity index (χ2v) is 7.95. The molecule has 0 aliphatic carbocycles. The number of halogens is 1. The molecule has 0 aliphatic rings. The molecule has 0 saturated carbocycles. The fourth-order valence-electron chi connectivity index (χ4n) is 3.36. The van der Waals surface area contributed by atoms with Gasteiger partial charge in [-0.15, -0.1) is 5.10 Å². The van der Waals surface area contributed by atoms with Crippen LogP contribution in [0.3, 0.4) is 0 Å². The van der Waals surface area contributed by atoms with E-state index in [1.54, 1.807) is 37.6 Å². The summed E-state index contributed by atoms with van der Waals surface area (Å²) in [6.07, 6.45) is 1.57. The number of hydrogen-bond donors (Lipinski definition) is 0. The largest absolute Gasteiger partial charge is 0.493 e. The Bertz CT molecular complexity index is 1350. The van der Waals surface area contributed by atoms with Crippen LogP contribution in [0.5, 0.6) is 11.5 Å². The van der Waals surface area contributed by atoms with E-state index in [1.807, 2.05) is 78.9 Å². The van der Waals surface area contributed by atoms with Gasteiger partial charge in [0.05, 0.1) is 13.3 Å². The lowest BCUT2D eigenvalue weighted by atomic mass is 10.0. The van der Waals surface area contributed by atoms with Gasteiger partial charge in [-0.1, -0.05) is 90.5 Å². The molecule has 0 aromatic heterocycles. The summed E-state index contributed by atoms with van der Waals surface area (Å²) in [6, 6.07) is 31.3. The molecule has 0 unspecified atom stereocenters. The molecule has 5 nitrogen and oxygen atoms in total. The number of benzene rings is 4. The first-order chi connectivity index (χ1) is 17.2. The Hall–Kier alpha value is -4.22. The molecule has 0 spiro atoms. The van der Waals surface area contributed by atoms with Crippen molar-refractivity contribution < 1.29 is 14.3 Å². The number of Topliss-reactive ketones (excluding diaryl/α,β-unsaturated/α-hetero) is 1. The molecule has 4 aromatic rings. The first kappa shape index (κ1) is 23.9. The van der Waals surface area contributed by atoms with Gasteiger partial charge >= 0.3 is 0 Å². The molecule has 0 N–H and O–H groups in total. The Morgan fingerprint density at radius 1 is 0.829 bits per heavy atom. The number of rotatable bonds is 9. The number of ether oxygens (including phenoxy) is 2. The highest BCUT2D eigenvalue weighted by atomic mass is 35.5. The Morgan fingerprint density at radius 2 is 1.49 bits per heavy atom. The van der Waals surface area contributed by atoms with Gasteiger partial charge in [0.25, 0.3) is 0 Å². The molecule has 0 amide bonds. The topological polar surface area (TPSA) is 60.2 Å². The van der Waals surface area contributed by atoms with Crippen LogP contribution in [0, 0.1) is 0 Å². The molecule has 0 bridgehead atoms. The van der Waals surface area contributed by atoms with Crippen molar-refractivity contribution in [3.63, 3.8) is 0 Å². The maximum Gasteiger partial charge on any atom is 0.213 e. The second-order valence-electron chi connectivity index (χ2n) is 7.54. The van der Waals surface area contributed by atoms with Crippen molar-refractivity contribution in [1.29, 1.82) is 0 Å². The van der Waals surface area contributed by atoms with E-state index < -0.39 is 0 Å². The maximum atomic E-state index is 13.1. The van der Waals surface area contributed by atoms with Crippen molar-refractivity contribution >= 4 is 29.3 Å². The lowest BCUT2D eigenvalue weighted by molar-refractivity contribution is 0.106. The maximum absolute atomic E-state index is 13.1. The van der Waals surface area contributed by atoms with Crippen LogP contribution in [0.1, 0.15) is 27.0 Å². The van der Waals surface area contributed by atoms with Crippen LogP contribution >= 0.6 is 11.6 Å². The molecule has 4 aromatic carbocycles. The standard InChI is InChI=1S/C29H23ClN2O3/c1-34-27-18-21(16-17-26(27)35-20-24-14-8-9-15-25(24)30)19-31-32-28(22-10-4-2-5-11-22)29(33)23-12-6-3-7-13-23/h2-19H,20H2,1H3. The Labute approximate surface area is 209 Å². The van der Waals surface area contributed by atoms with Crippen molar-refractivity contribution in [1.82, 2.24) is 0 Å². The van der Waals surface area contributed by atoms with E-state index in [2.05, 4.69) is 10.2 Å². The van der Waals surface area contributed by atoms with Gasteiger partial charge in [-0.25, -0.2) is 0 Å². The zero-order valence-electron chi connectivity index (χ0n) is 19.1. The van der Waals surface area contributed by atoms with Gasteiger partial charge in [-0.2, -0.15) is 5.10 Å². The fourth-order valence-corrected chi connectivity index (χ4v) is 3.55. The molecule has 0 aliphatic heterocycles. The Morgan fingerprint density at radius 3 is 2.17 bits per heavy atom. The molecule has 0 heterocycles. The molecule has 0 fully saturated rings. The third-order valence-electron chi connectivity index (χ3n) is 5.19. The lowest BCUT2D eigenvalue weighted by Gasteiger charge is -2.12. The van der Waals surface area contributed by atoms with Crippen molar-refractivity contribution in [2.24, 2.45) is 10.2 Å². The second kappa shape index (κ2) is 11.8. The minimum atomic E-state index is -0.199. The predicted molar refractivity (Wildman–Crippen MR) is 140 cm³/mol. The van der Waals surface area contributed by atoms with E-state index in [0.717, 1.165) is 11.1 Å². The number of ketones is 1. The van der Waals surface area contributed by atoms with E-state index in [1.165, 1.54) is 0 Å². The number of carbonyl (C=O) groups is 1. The Kier molecular flexibility index (Phi) is 8.04. The van der Waals surface area contributed by atoms with E-state index in [-0.39, 0.29) is 11.5 Å². The first-order valence-electron chi connectivity index (χ1n) is 11.0. The van der Waals surface area contributed by atoms with E-state index in [9.17, 15) is 4.79 Å². The number of hydrogen-bond acceptors (Lipinski definition) is 5. The summed E-state index contributed by atoms with van der Waals surface area (Å²) in [5, 5.41) is 9.13. The van der Waals surface area contributed by atoms with Gasteiger partial charge in [-0.3, -0.25) is 4.79 Å². The smallest absolute Gasteiger partial charge is 0.213 e. The van der Waals surface area contributed by atoms with Crippen molar-refractivity contribution in [3.05, 3.63) is 130 Å². The molecule has 35 heavy (non-hydrogen) atoms. The highest BCUT2D eigenvalue weighted by Crippen LogP contribution is 2.29. The predicted octanol–water partition coefficient (Wildman–Crippen LogP) is 6.63. The van der Waals surface area contributed by atoms with Crippen LogP contribution in [0.15, 0.2) is 113 Å². The van der Waals surface area contributed by atoms with Crippen LogP contribution in [0.4, 0.5) is 0 Å². The van der Waals surface area contributed by atoms with Crippen LogP contribution < -0.4 is 9.47 Å². The molecule has 174 valence electrons. The third-order valence-corrected chi connectivity index (χ3v) is 5.56. The van der Waals surface area contributed by atoms with Gasteiger partial charge in [0, 0.05) is 21.7 Å². The van der Waals surface area contributed by atoms with Crippen molar-refractivity contribution in [2.45, 2.75) is 6.61 Å². The molecule has 0 radical (unpaired) electrons. The average molecular weight is 483 g/mol. The highest BCUT2D eigenvalue weighted by molar-refractivity contribution is 6.51. The molecule has 4 rings (SSSR count). The zero-order chi connectivity index (χ0) is 24.5. The zero-order valence-corrected chi connectivity index (χ0v) is 19.9. The van der Waals surface area contributed by atoms with E-state index in [0.29, 0.717) is 34.3 Å². The number of methoxy groups -OCH3 is 1. The van der Waals surface area contributed by atoms with Crippen LogP contribution in [0.25, 0.3) is 0 Å². The summed E-state index contributed by atoms with van der Waals surface area (Å²) in [4.78, 5) is 13.1. The average Bonchev–Trinajstić information content (AvgIpc) is 2.91. The SMILES string of the molecule is COc1cc(C=NN=C(C(=O)c2ccccc2)c2ccccc2)ccc1OCc1ccccc1Cl. The van der Waals surface area contributed by atoms with Crippen molar-refractivity contribution in [2.75, 3.05) is 7.11 Å². The summed E-state index contributed by atoms with van der Waals surface area (Å²) in [5.74, 6) is 0.931. The normalized spacial score (nSPS) is 11.4. The van der Waals surface area contributed by atoms with E-state index >= 15 is 0 Å².